The Balaban J connectivity index is 0.000000292. The van der Waals surface area contributed by atoms with Crippen LogP contribution in [0.25, 0.3) is 0 Å². The first-order chi connectivity index (χ1) is 6.18. The highest BCUT2D eigenvalue weighted by Crippen LogP contribution is 2.26. The van der Waals surface area contributed by atoms with Crippen molar-refractivity contribution in [1.29, 1.82) is 0 Å². The van der Waals surface area contributed by atoms with Crippen LogP contribution in [0, 0.1) is 0 Å². The average Bonchev–Trinajstić information content (AvgIpc) is 1.77. The van der Waals surface area contributed by atoms with E-state index in [-0.39, 0.29) is 17.8 Å². The fraction of sp³-hybridized carbons (Fsp3) is 0.250. The maximum Gasteiger partial charge on any atom is 0.322 e. The molecule has 0 saturated heterocycles. The Morgan fingerprint density at radius 3 is 1.29 bits per heavy atom. The minimum atomic E-state index is -3.64. The molecule has 80 valence electrons. The molecular weight excluding hydrogens is 211 g/mol. The highest BCUT2D eigenvalue weighted by molar-refractivity contribution is 7.50. The summed E-state index contributed by atoms with van der Waals surface area (Å²) in [5.74, 6) is 0.125. The zero-order valence-corrected chi connectivity index (χ0v) is 8.22. The Bertz CT molecular complexity index is 292. The maximum atomic E-state index is 9.33. The molecule has 1 aromatic rings. The van der Waals surface area contributed by atoms with E-state index in [1.165, 1.54) is 0 Å². The van der Waals surface area contributed by atoms with Gasteiger partial charge in [0, 0.05) is 6.66 Å². The second kappa shape index (κ2) is 4.70. The third-order valence-corrected chi connectivity index (χ3v) is 0.687. The SMILES string of the molecule is CP(=O)(O)O.Nc1nc(N)nc(N)n1. The number of nitrogens with two attached hydrogens (primary N) is 3. The second-order valence-corrected chi connectivity index (χ2v) is 3.92. The number of nitrogens with zero attached hydrogens (tertiary/aromatic N) is 3. The van der Waals surface area contributed by atoms with E-state index in [1.807, 2.05) is 0 Å². The lowest BCUT2D eigenvalue weighted by atomic mass is 10.9. The summed E-state index contributed by atoms with van der Waals surface area (Å²) in [7, 11) is -3.64. The quantitative estimate of drug-likeness (QED) is 0.324. The molecular formula is C4H11N6O3P. The molecule has 14 heavy (non-hydrogen) atoms. The van der Waals surface area contributed by atoms with Crippen molar-refractivity contribution in [2.75, 3.05) is 23.9 Å². The van der Waals surface area contributed by atoms with Crippen LogP contribution >= 0.6 is 7.60 Å². The average molecular weight is 222 g/mol. The molecule has 0 fully saturated rings. The van der Waals surface area contributed by atoms with Crippen molar-refractivity contribution in [3.63, 3.8) is 0 Å². The van der Waals surface area contributed by atoms with Gasteiger partial charge in [0.2, 0.25) is 17.8 Å². The van der Waals surface area contributed by atoms with Crippen molar-refractivity contribution in [3.05, 3.63) is 0 Å². The standard InChI is InChI=1S/C3H6N6.CH5O3P/c4-1-7-2(5)9-3(6)8-1;1-5(2,3)4/h(H6,4,5,6,7,8,9);1H3,(H2,2,3,4). The highest BCUT2D eigenvalue weighted by Gasteiger charge is 1.95. The molecule has 0 aliphatic carbocycles. The van der Waals surface area contributed by atoms with Crippen molar-refractivity contribution < 1.29 is 14.4 Å². The van der Waals surface area contributed by atoms with Crippen LogP contribution in [0.1, 0.15) is 0 Å². The normalized spacial score (nSPS) is 10.2. The monoisotopic (exact) mass is 222 g/mol. The van der Waals surface area contributed by atoms with Crippen LogP contribution in [-0.2, 0) is 4.57 Å². The summed E-state index contributed by atoms with van der Waals surface area (Å²) in [6, 6.07) is 0. The first-order valence-corrected chi connectivity index (χ1v) is 5.30. The molecule has 0 aliphatic heterocycles. The van der Waals surface area contributed by atoms with Crippen LogP contribution in [0.4, 0.5) is 17.8 Å². The molecule has 0 amide bonds. The van der Waals surface area contributed by atoms with Gasteiger partial charge < -0.3 is 27.0 Å². The van der Waals surface area contributed by atoms with Gasteiger partial charge in [-0.1, -0.05) is 0 Å². The molecule has 0 radical (unpaired) electrons. The van der Waals surface area contributed by atoms with E-state index >= 15 is 0 Å². The van der Waals surface area contributed by atoms with Crippen molar-refractivity contribution in [1.82, 2.24) is 15.0 Å². The summed E-state index contributed by atoms with van der Waals surface area (Å²) < 4.78 is 9.33. The largest absolute Gasteiger partial charge is 0.368 e. The molecule has 0 aliphatic rings. The van der Waals surface area contributed by atoms with E-state index in [4.69, 9.17) is 27.0 Å². The van der Waals surface area contributed by atoms with E-state index in [0.29, 0.717) is 0 Å². The van der Waals surface area contributed by atoms with Crippen molar-refractivity contribution in [2.24, 2.45) is 0 Å². The third-order valence-electron chi connectivity index (χ3n) is 0.687. The molecule has 9 nitrogen and oxygen atoms in total. The third kappa shape index (κ3) is 8.65. The Morgan fingerprint density at radius 1 is 1.00 bits per heavy atom. The van der Waals surface area contributed by atoms with Gasteiger partial charge >= 0.3 is 7.60 Å². The van der Waals surface area contributed by atoms with Gasteiger partial charge in [0.15, 0.2) is 0 Å². The maximum absolute atomic E-state index is 9.33. The van der Waals surface area contributed by atoms with Crippen LogP contribution in [0.5, 0.6) is 0 Å². The number of aromatic nitrogens is 3. The number of hydrogen-bond donors (Lipinski definition) is 5. The molecule has 8 N–H and O–H groups in total. The zero-order chi connectivity index (χ0) is 11.4. The van der Waals surface area contributed by atoms with Crippen LogP contribution in [0.3, 0.4) is 0 Å². The van der Waals surface area contributed by atoms with Crippen LogP contribution < -0.4 is 17.2 Å². The number of anilines is 3. The van der Waals surface area contributed by atoms with Crippen LogP contribution in [0.2, 0.25) is 0 Å². The Labute approximate surface area is 79.5 Å². The van der Waals surface area contributed by atoms with Gasteiger partial charge in [-0.3, -0.25) is 4.57 Å². The van der Waals surface area contributed by atoms with Crippen LogP contribution in [0.15, 0.2) is 0 Å². The smallest absolute Gasteiger partial charge is 0.322 e. The Hall–Kier alpha value is -1.44. The molecule has 0 spiro atoms. The minimum Gasteiger partial charge on any atom is -0.368 e. The van der Waals surface area contributed by atoms with E-state index < -0.39 is 7.60 Å². The topological polar surface area (TPSA) is 174 Å². The molecule has 0 atom stereocenters. The Kier molecular flexibility index (Phi) is 4.22. The molecule has 1 rings (SSSR count). The molecule has 10 heteroatoms. The lowest BCUT2D eigenvalue weighted by molar-refractivity contribution is 0.381. The van der Waals surface area contributed by atoms with Gasteiger partial charge in [0.1, 0.15) is 0 Å². The van der Waals surface area contributed by atoms with E-state index in [0.717, 1.165) is 6.66 Å². The van der Waals surface area contributed by atoms with Crippen molar-refractivity contribution in [2.45, 2.75) is 0 Å². The first kappa shape index (κ1) is 12.6. The van der Waals surface area contributed by atoms with Crippen molar-refractivity contribution in [3.8, 4) is 0 Å². The molecule has 0 aromatic carbocycles. The summed E-state index contributed by atoms with van der Waals surface area (Å²) in [5.41, 5.74) is 15.4. The summed E-state index contributed by atoms with van der Waals surface area (Å²) in [6.45, 7) is 0.854. The predicted octanol–water partition coefficient (Wildman–Crippen LogP) is -1.59. The summed E-state index contributed by atoms with van der Waals surface area (Å²) in [4.78, 5) is 25.7. The fourth-order valence-corrected chi connectivity index (χ4v) is 0.427. The number of hydrogen-bond acceptors (Lipinski definition) is 7. The lowest BCUT2D eigenvalue weighted by Crippen LogP contribution is -2.05. The second-order valence-electron chi connectivity index (χ2n) is 2.25. The lowest BCUT2D eigenvalue weighted by Gasteiger charge is -1.93. The van der Waals surface area contributed by atoms with Crippen molar-refractivity contribution >= 4 is 25.4 Å². The number of nitrogen functional groups attached to an aromatic ring is 3. The fourth-order valence-electron chi connectivity index (χ4n) is 0.427. The summed E-state index contributed by atoms with van der Waals surface area (Å²) >= 11 is 0. The van der Waals surface area contributed by atoms with E-state index in [2.05, 4.69) is 15.0 Å². The predicted molar refractivity (Wildman–Crippen MR) is 51.0 cm³/mol. The van der Waals surface area contributed by atoms with Crippen LogP contribution in [-0.4, -0.2) is 31.4 Å². The summed E-state index contributed by atoms with van der Waals surface area (Å²) in [5, 5.41) is 0. The molecule has 1 heterocycles. The number of rotatable bonds is 0. The minimum absolute atomic E-state index is 0.0417. The highest BCUT2D eigenvalue weighted by atomic mass is 31.2. The zero-order valence-electron chi connectivity index (χ0n) is 7.32. The first-order valence-electron chi connectivity index (χ1n) is 3.24. The molecule has 0 bridgehead atoms. The van der Waals surface area contributed by atoms with Gasteiger partial charge in [-0.25, -0.2) is 0 Å². The molecule has 1 aromatic heterocycles. The van der Waals surface area contributed by atoms with Gasteiger partial charge in [0.25, 0.3) is 0 Å². The van der Waals surface area contributed by atoms with Gasteiger partial charge in [-0.2, -0.15) is 15.0 Å². The van der Waals surface area contributed by atoms with Gasteiger partial charge in [-0.05, 0) is 0 Å². The van der Waals surface area contributed by atoms with Gasteiger partial charge in [-0.15, -0.1) is 0 Å². The molecule has 0 saturated carbocycles. The van der Waals surface area contributed by atoms with E-state index in [9.17, 15) is 4.57 Å². The van der Waals surface area contributed by atoms with Gasteiger partial charge in [0.05, 0.1) is 0 Å². The summed E-state index contributed by atoms with van der Waals surface area (Å²) in [6.07, 6.45) is 0. The Morgan fingerprint density at radius 2 is 1.14 bits per heavy atom. The van der Waals surface area contributed by atoms with E-state index in [1.54, 1.807) is 0 Å². The molecule has 0 unspecified atom stereocenters.